The van der Waals surface area contributed by atoms with Crippen molar-refractivity contribution in [2.24, 2.45) is 5.10 Å². The molecule has 3 aromatic carbocycles. The van der Waals surface area contributed by atoms with Crippen LogP contribution in [0.15, 0.2) is 71.8 Å². The molecule has 0 N–H and O–H groups in total. The van der Waals surface area contributed by atoms with Gasteiger partial charge in [-0.25, -0.2) is 9.80 Å². The number of nitrogens with zero attached hydrogens (tertiary/aromatic N) is 2. The van der Waals surface area contributed by atoms with E-state index in [1.54, 1.807) is 12.1 Å². The predicted octanol–water partition coefficient (Wildman–Crippen LogP) is 5.77. The highest BCUT2D eigenvalue weighted by Crippen LogP contribution is 2.48. The Labute approximate surface area is 197 Å². The van der Waals surface area contributed by atoms with Crippen LogP contribution in [-0.2, 0) is 4.74 Å². The van der Waals surface area contributed by atoms with Gasteiger partial charge in [0.05, 0.1) is 31.0 Å². The quantitative estimate of drug-likeness (QED) is 0.450. The summed E-state index contributed by atoms with van der Waals surface area (Å²) in [5.74, 6) is 1.24. The standard InChI is InChI=1S/C26H23ClN2O4/c1-3-32-20-11-8-16(9-12-20)22-15-23-21-14-19(27)10-13-24(21)33-25(29(23)28-22)17-4-6-18(7-5-17)26(30)31-2/h4-14,23,25H,3,15H2,1-2H3/t23-,25-/m0/s1. The van der Waals surface area contributed by atoms with Crippen LogP contribution in [0.25, 0.3) is 0 Å². The highest BCUT2D eigenvalue weighted by Gasteiger charge is 2.41. The molecule has 2 heterocycles. The zero-order valence-corrected chi connectivity index (χ0v) is 19.1. The average molecular weight is 463 g/mol. The Morgan fingerprint density at radius 1 is 1.12 bits per heavy atom. The maximum atomic E-state index is 11.8. The van der Waals surface area contributed by atoms with Crippen molar-refractivity contribution in [2.45, 2.75) is 25.6 Å². The minimum Gasteiger partial charge on any atom is -0.494 e. The van der Waals surface area contributed by atoms with E-state index in [9.17, 15) is 4.79 Å². The summed E-state index contributed by atoms with van der Waals surface area (Å²) in [7, 11) is 1.37. The second-order valence-electron chi connectivity index (χ2n) is 7.87. The minimum atomic E-state index is -0.435. The van der Waals surface area contributed by atoms with Crippen LogP contribution in [0.4, 0.5) is 0 Å². The predicted molar refractivity (Wildman–Crippen MR) is 126 cm³/mol. The molecule has 0 spiro atoms. The number of hydrazone groups is 1. The molecule has 0 saturated heterocycles. The van der Waals surface area contributed by atoms with Crippen molar-refractivity contribution in [1.29, 1.82) is 0 Å². The van der Waals surface area contributed by atoms with Crippen LogP contribution in [0.5, 0.6) is 11.5 Å². The fraction of sp³-hybridized carbons (Fsp3) is 0.231. The third-order valence-corrected chi connectivity index (χ3v) is 6.10. The van der Waals surface area contributed by atoms with Crippen molar-refractivity contribution < 1.29 is 19.0 Å². The third-order valence-electron chi connectivity index (χ3n) is 5.87. The van der Waals surface area contributed by atoms with Gasteiger partial charge >= 0.3 is 5.97 Å². The van der Waals surface area contributed by atoms with Crippen molar-refractivity contribution in [3.8, 4) is 11.5 Å². The fourth-order valence-electron chi connectivity index (χ4n) is 4.26. The lowest BCUT2D eigenvalue weighted by Gasteiger charge is -2.38. The van der Waals surface area contributed by atoms with Crippen molar-refractivity contribution in [3.05, 3.63) is 94.0 Å². The molecule has 2 aliphatic rings. The summed E-state index contributed by atoms with van der Waals surface area (Å²) in [6.07, 6.45) is 0.289. The molecular formula is C26H23ClN2O4. The zero-order valence-electron chi connectivity index (χ0n) is 18.3. The smallest absolute Gasteiger partial charge is 0.337 e. The monoisotopic (exact) mass is 462 g/mol. The normalized spacial score (nSPS) is 18.6. The van der Waals surface area contributed by atoms with Gasteiger partial charge in [0.25, 0.3) is 0 Å². The molecule has 0 radical (unpaired) electrons. The van der Waals surface area contributed by atoms with Crippen LogP contribution in [0.3, 0.4) is 0 Å². The van der Waals surface area contributed by atoms with Crippen LogP contribution >= 0.6 is 11.6 Å². The third kappa shape index (κ3) is 4.02. The number of fused-ring (bicyclic) bond motifs is 3. The topological polar surface area (TPSA) is 60.4 Å². The Kier molecular flexibility index (Phi) is 5.68. The van der Waals surface area contributed by atoms with Crippen molar-refractivity contribution in [1.82, 2.24) is 5.01 Å². The molecule has 3 aromatic rings. The SMILES string of the molecule is CCOc1ccc(C2=NN3[C@@H](C2)c2cc(Cl)ccc2O[C@H]3c2ccc(C(=O)OC)cc2)cc1. The molecule has 0 aromatic heterocycles. The highest BCUT2D eigenvalue weighted by molar-refractivity contribution is 6.30. The maximum Gasteiger partial charge on any atom is 0.337 e. The number of carbonyl (C=O) groups is 1. The van der Waals surface area contributed by atoms with E-state index in [1.807, 2.05) is 66.5 Å². The van der Waals surface area contributed by atoms with E-state index >= 15 is 0 Å². The highest BCUT2D eigenvalue weighted by atomic mass is 35.5. The Balaban J connectivity index is 1.51. The van der Waals surface area contributed by atoms with E-state index < -0.39 is 6.23 Å². The van der Waals surface area contributed by atoms with Gasteiger partial charge in [-0.15, -0.1) is 0 Å². The van der Waals surface area contributed by atoms with Gasteiger partial charge in [0, 0.05) is 22.6 Å². The van der Waals surface area contributed by atoms with E-state index in [-0.39, 0.29) is 12.0 Å². The van der Waals surface area contributed by atoms with Crippen molar-refractivity contribution in [3.63, 3.8) is 0 Å². The summed E-state index contributed by atoms with van der Waals surface area (Å²) in [4.78, 5) is 11.8. The first-order valence-electron chi connectivity index (χ1n) is 10.8. The van der Waals surface area contributed by atoms with Gasteiger partial charge in [-0.3, -0.25) is 0 Å². The molecule has 7 heteroatoms. The number of carbonyl (C=O) groups excluding carboxylic acids is 1. The minimum absolute atomic E-state index is 0.0145. The van der Waals surface area contributed by atoms with E-state index in [0.29, 0.717) is 17.2 Å². The maximum absolute atomic E-state index is 11.8. The number of esters is 1. The lowest BCUT2D eigenvalue weighted by molar-refractivity contribution is -0.0190. The molecule has 33 heavy (non-hydrogen) atoms. The van der Waals surface area contributed by atoms with Gasteiger partial charge < -0.3 is 14.2 Å². The molecule has 2 aliphatic heterocycles. The van der Waals surface area contributed by atoms with Crippen molar-refractivity contribution >= 4 is 23.3 Å². The number of ether oxygens (including phenoxy) is 3. The summed E-state index contributed by atoms with van der Waals surface area (Å²) in [6, 6.07) is 20.9. The fourth-order valence-corrected chi connectivity index (χ4v) is 4.45. The molecule has 2 atom stereocenters. The van der Waals surface area contributed by atoms with Gasteiger partial charge in [0.15, 0.2) is 0 Å². The molecule has 0 fully saturated rings. The van der Waals surface area contributed by atoms with Crippen LogP contribution in [0, 0.1) is 0 Å². The van der Waals surface area contributed by atoms with E-state index in [2.05, 4.69) is 0 Å². The van der Waals surface area contributed by atoms with E-state index in [0.717, 1.165) is 40.3 Å². The summed E-state index contributed by atoms with van der Waals surface area (Å²) in [5, 5.41) is 7.61. The molecule has 6 nitrogen and oxygen atoms in total. The number of hydrogen-bond donors (Lipinski definition) is 0. The molecule has 0 unspecified atom stereocenters. The molecule has 0 aliphatic carbocycles. The lowest BCUT2D eigenvalue weighted by Crippen LogP contribution is -2.33. The van der Waals surface area contributed by atoms with Gasteiger partial charge in [-0.2, -0.15) is 5.10 Å². The summed E-state index contributed by atoms with van der Waals surface area (Å²) in [5.41, 5.74) is 4.40. The number of halogens is 1. The Bertz CT molecular complexity index is 1210. The van der Waals surface area contributed by atoms with Crippen LogP contribution in [0.2, 0.25) is 5.02 Å². The molecule has 168 valence electrons. The number of rotatable bonds is 5. The van der Waals surface area contributed by atoms with Gasteiger partial charge in [0.2, 0.25) is 6.23 Å². The number of methoxy groups -OCH3 is 1. The lowest BCUT2D eigenvalue weighted by atomic mass is 9.95. The first-order chi connectivity index (χ1) is 16.1. The Morgan fingerprint density at radius 3 is 2.58 bits per heavy atom. The molecule has 0 saturated carbocycles. The first-order valence-corrected chi connectivity index (χ1v) is 11.2. The Morgan fingerprint density at radius 2 is 1.88 bits per heavy atom. The molecule has 0 bridgehead atoms. The Hall–Kier alpha value is -3.51. The summed E-state index contributed by atoms with van der Waals surface area (Å²) < 4.78 is 16.8. The average Bonchev–Trinajstić information content (AvgIpc) is 3.30. The van der Waals surface area contributed by atoms with Gasteiger partial charge in [0.1, 0.15) is 11.5 Å². The molecule has 5 rings (SSSR count). The van der Waals surface area contributed by atoms with Crippen molar-refractivity contribution in [2.75, 3.05) is 13.7 Å². The first kappa shape index (κ1) is 21.3. The van der Waals surface area contributed by atoms with Crippen LogP contribution in [0.1, 0.15) is 52.7 Å². The van der Waals surface area contributed by atoms with E-state index in [1.165, 1.54) is 7.11 Å². The van der Waals surface area contributed by atoms with Gasteiger partial charge in [-0.1, -0.05) is 23.7 Å². The molecular weight excluding hydrogens is 440 g/mol. The molecule has 0 amide bonds. The summed E-state index contributed by atoms with van der Waals surface area (Å²) >= 11 is 6.31. The second kappa shape index (κ2) is 8.79. The zero-order chi connectivity index (χ0) is 22.9. The summed E-state index contributed by atoms with van der Waals surface area (Å²) in [6.45, 7) is 2.59. The second-order valence-corrected chi connectivity index (χ2v) is 8.31. The van der Waals surface area contributed by atoms with Crippen LogP contribution < -0.4 is 9.47 Å². The number of benzene rings is 3. The van der Waals surface area contributed by atoms with E-state index in [4.69, 9.17) is 30.9 Å². The number of hydrogen-bond acceptors (Lipinski definition) is 6. The largest absolute Gasteiger partial charge is 0.494 e. The van der Waals surface area contributed by atoms with Gasteiger partial charge in [-0.05, 0) is 67.1 Å². The van der Waals surface area contributed by atoms with Crippen LogP contribution in [-0.4, -0.2) is 30.4 Å².